The number of benzene rings is 4. The molecule has 0 spiro atoms. The van der Waals surface area contributed by atoms with Gasteiger partial charge in [0, 0.05) is 0 Å². The van der Waals surface area contributed by atoms with Crippen LogP contribution in [0.15, 0.2) is 115 Å². The molecule has 0 aliphatic carbocycles. The molecule has 0 unspecified atom stereocenters. The second-order valence-electron chi connectivity index (χ2n) is 9.67. The number of carbonyl (C=O) groups is 1. The van der Waals surface area contributed by atoms with E-state index < -0.39 is 17.0 Å². The van der Waals surface area contributed by atoms with Gasteiger partial charge in [-0.3, -0.25) is 0 Å². The number of anilines is 1. The molecule has 4 rings (SSSR count). The van der Waals surface area contributed by atoms with E-state index in [-0.39, 0.29) is 0 Å². The summed E-state index contributed by atoms with van der Waals surface area (Å²) in [5, 5.41) is 3.53. The van der Waals surface area contributed by atoms with Gasteiger partial charge in [-0.25, -0.2) is 0 Å². The monoisotopic (exact) mass is 547 g/mol. The molecule has 0 fully saturated rings. The minimum atomic E-state index is -3.12. The molecule has 4 aromatic rings. The second-order valence-corrected chi connectivity index (χ2v) is 18.6. The Kier molecular flexibility index (Phi) is 7.17. The zero-order valence-corrected chi connectivity index (χ0v) is 22.8. The third kappa shape index (κ3) is 5.34. The Morgan fingerprint density at radius 2 is 1.20 bits per heavy atom. The van der Waals surface area contributed by atoms with Gasteiger partial charge >= 0.3 is 217 Å². The standard InChI is InChI=1S/C30H31BrNO2P/c1-30(2,3)34-29(33)32-25-15-13-14-24(22-25)23-35(31,26-16-7-4-8-17-26,27-18-9-5-10-19-27)28-20-11-6-12-21-28/h4-22H,23H2,1-3H3,(H,32,33). The quantitative estimate of drug-likeness (QED) is 0.256. The van der Waals surface area contributed by atoms with Crippen LogP contribution in [0, 0.1) is 0 Å². The zero-order chi connectivity index (χ0) is 25.0. The molecule has 0 atom stereocenters. The first-order valence-corrected chi connectivity index (χ1v) is 16.1. The fourth-order valence-corrected chi connectivity index (χ4v) is 12.2. The normalized spacial score (nSPS) is 12.9. The van der Waals surface area contributed by atoms with Crippen LogP contribution in [0.1, 0.15) is 26.3 Å². The first-order chi connectivity index (χ1) is 16.7. The van der Waals surface area contributed by atoms with Crippen LogP contribution in [-0.4, -0.2) is 11.7 Å². The van der Waals surface area contributed by atoms with Crippen LogP contribution in [0.5, 0.6) is 0 Å². The van der Waals surface area contributed by atoms with Crippen molar-refractivity contribution in [3.05, 3.63) is 121 Å². The molecule has 3 nitrogen and oxygen atoms in total. The van der Waals surface area contributed by atoms with Gasteiger partial charge < -0.3 is 0 Å². The maximum absolute atomic E-state index is 12.4. The van der Waals surface area contributed by atoms with Gasteiger partial charge in [0.1, 0.15) is 0 Å². The van der Waals surface area contributed by atoms with Crippen LogP contribution >= 0.6 is 20.8 Å². The first kappa shape index (κ1) is 25.2. The Bertz CT molecular complexity index is 1190. The summed E-state index contributed by atoms with van der Waals surface area (Å²) in [6.45, 7) is 5.57. The van der Waals surface area contributed by atoms with Gasteiger partial charge in [0.15, 0.2) is 0 Å². The van der Waals surface area contributed by atoms with Crippen molar-refractivity contribution < 1.29 is 9.53 Å². The SMILES string of the molecule is CC(C)(C)OC(=O)Nc1cccc(CP(Br)(c2ccccc2)(c2ccccc2)c2ccccc2)c1. The summed E-state index contributed by atoms with van der Waals surface area (Å²) in [6, 6.07) is 40.1. The van der Waals surface area contributed by atoms with Crippen LogP contribution < -0.4 is 21.2 Å². The summed E-state index contributed by atoms with van der Waals surface area (Å²) in [5.41, 5.74) is 1.27. The van der Waals surface area contributed by atoms with Crippen molar-refractivity contribution >= 4 is 48.5 Å². The molecule has 0 heterocycles. The molecule has 35 heavy (non-hydrogen) atoms. The van der Waals surface area contributed by atoms with Crippen molar-refractivity contribution in [2.75, 3.05) is 5.32 Å². The summed E-state index contributed by atoms with van der Waals surface area (Å²) in [5.74, 6) is 0. The molecular weight excluding hydrogens is 517 g/mol. The molecule has 0 aliphatic rings. The first-order valence-electron chi connectivity index (χ1n) is 11.7. The molecule has 1 amide bonds. The van der Waals surface area contributed by atoms with Gasteiger partial charge in [0.05, 0.1) is 0 Å². The van der Waals surface area contributed by atoms with E-state index in [1.807, 2.05) is 39.0 Å². The van der Waals surface area contributed by atoms with Gasteiger partial charge in [0.25, 0.3) is 0 Å². The average Bonchev–Trinajstić information content (AvgIpc) is 2.85. The molecule has 0 saturated heterocycles. The van der Waals surface area contributed by atoms with Crippen LogP contribution in [0.25, 0.3) is 0 Å². The molecule has 180 valence electrons. The van der Waals surface area contributed by atoms with E-state index in [0.29, 0.717) is 5.69 Å². The molecule has 0 aromatic heterocycles. The predicted octanol–water partition coefficient (Wildman–Crippen LogP) is 7.37. The summed E-state index contributed by atoms with van der Waals surface area (Å²) >= 11 is 4.49. The zero-order valence-electron chi connectivity index (χ0n) is 20.3. The predicted molar refractivity (Wildman–Crippen MR) is 154 cm³/mol. The van der Waals surface area contributed by atoms with Gasteiger partial charge in [-0.05, 0) is 0 Å². The third-order valence-corrected chi connectivity index (χ3v) is 15.5. The van der Waals surface area contributed by atoms with Gasteiger partial charge in [-0.15, -0.1) is 0 Å². The summed E-state index contributed by atoms with van der Waals surface area (Å²) in [6.07, 6.45) is 0.285. The fourth-order valence-electron chi connectivity index (χ4n) is 4.45. The summed E-state index contributed by atoms with van der Waals surface area (Å²) < 4.78 is 5.46. The summed E-state index contributed by atoms with van der Waals surface area (Å²) in [4.78, 5) is 12.4. The van der Waals surface area contributed by atoms with Crippen molar-refractivity contribution in [2.24, 2.45) is 0 Å². The Morgan fingerprint density at radius 3 is 1.63 bits per heavy atom. The van der Waals surface area contributed by atoms with Crippen LogP contribution in [-0.2, 0) is 10.9 Å². The number of halogens is 1. The van der Waals surface area contributed by atoms with E-state index in [1.165, 1.54) is 15.9 Å². The van der Waals surface area contributed by atoms with Crippen LogP contribution in [0.2, 0.25) is 0 Å². The number of rotatable bonds is 6. The van der Waals surface area contributed by atoms with Crippen molar-refractivity contribution in [1.29, 1.82) is 0 Å². The van der Waals surface area contributed by atoms with E-state index in [1.54, 1.807) is 0 Å². The second kappa shape index (κ2) is 9.97. The van der Waals surface area contributed by atoms with Gasteiger partial charge in [-0.1, -0.05) is 0 Å². The molecule has 0 aliphatic heterocycles. The van der Waals surface area contributed by atoms with E-state index in [4.69, 9.17) is 4.74 Å². The molecular formula is C30H31BrNO2P. The molecule has 0 bridgehead atoms. The molecule has 0 radical (unpaired) electrons. The van der Waals surface area contributed by atoms with Crippen molar-refractivity contribution in [3.8, 4) is 0 Å². The van der Waals surface area contributed by atoms with Crippen molar-refractivity contribution in [2.45, 2.75) is 32.5 Å². The number of ether oxygens (including phenoxy) is 1. The van der Waals surface area contributed by atoms with Gasteiger partial charge in [-0.2, -0.15) is 0 Å². The fraction of sp³-hybridized carbons (Fsp3) is 0.167. The third-order valence-electron chi connectivity index (χ3n) is 5.94. The maximum atomic E-state index is 12.4. The Labute approximate surface area is 216 Å². The Morgan fingerprint density at radius 1 is 0.743 bits per heavy atom. The number of nitrogens with one attached hydrogen (secondary N) is 1. The average molecular weight is 548 g/mol. The summed E-state index contributed by atoms with van der Waals surface area (Å²) in [7, 11) is 0. The van der Waals surface area contributed by atoms with Gasteiger partial charge in [0.2, 0.25) is 0 Å². The van der Waals surface area contributed by atoms with Crippen LogP contribution in [0.4, 0.5) is 10.5 Å². The van der Waals surface area contributed by atoms with Crippen LogP contribution in [0.3, 0.4) is 0 Å². The molecule has 1 N–H and O–H groups in total. The number of amides is 1. The molecule has 4 aromatic carbocycles. The van der Waals surface area contributed by atoms with Crippen molar-refractivity contribution in [1.82, 2.24) is 0 Å². The Hall–Kier alpha value is -2.94. The van der Waals surface area contributed by atoms with E-state index in [2.05, 4.69) is 118 Å². The number of hydrogen-bond acceptors (Lipinski definition) is 2. The number of hydrogen-bond donors (Lipinski definition) is 1. The number of carbonyl (C=O) groups excluding carboxylic acids is 1. The van der Waals surface area contributed by atoms with E-state index in [0.717, 1.165) is 11.7 Å². The van der Waals surface area contributed by atoms with Crippen molar-refractivity contribution in [3.63, 3.8) is 0 Å². The Balaban J connectivity index is 1.86. The minimum absolute atomic E-state index is 0.458. The topological polar surface area (TPSA) is 38.3 Å². The molecule has 5 heteroatoms. The van der Waals surface area contributed by atoms with E-state index in [9.17, 15) is 4.79 Å². The van der Waals surface area contributed by atoms with E-state index >= 15 is 0 Å². The molecule has 0 saturated carbocycles.